The van der Waals surface area contributed by atoms with Crippen LogP contribution in [0.15, 0.2) is 73.4 Å². The van der Waals surface area contributed by atoms with Gasteiger partial charge in [0.2, 0.25) is 0 Å². The maximum atomic E-state index is 12.6. The molecule has 1 aliphatic heterocycles. The van der Waals surface area contributed by atoms with Crippen molar-refractivity contribution in [3.05, 3.63) is 73.4 Å². The van der Waals surface area contributed by atoms with Crippen LogP contribution >= 0.6 is 0 Å². The highest BCUT2D eigenvalue weighted by Gasteiger charge is 2.29. The molecule has 0 aromatic heterocycles. The Morgan fingerprint density at radius 1 is 1.00 bits per heavy atom. The summed E-state index contributed by atoms with van der Waals surface area (Å²) in [5.41, 5.74) is 0. The van der Waals surface area contributed by atoms with Gasteiger partial charge in [0.15, 0.2) is 0 Å². The summed E-state index contributed by atoms with van der Waals surface area (Å²) in [6.07, 6.45) is 16.8. The predicted molar refractivity (Wildman–Crippen MR) is 149 cm³/mol. The van der Waals surface area contributed by atoms with Crippen LogP contribution in [-0.2, 0) is 9.53 Å². The smallest absolute Gasteiger partial charge is 0.331 e. The van der Waals surface area contributed by atoms with E-state index in [9.17, 15) is 25.2 Å². The summed E-state index contributed by atoms with van der Waals surface area (Å²) in [6, 6.07) is 0. The van der Waals surface area contributed by atoms with Gasteiger partial charge < -0.3 is 25.2 Å². The zero-order valence-corrected chi connectivity index (χ0v) is 23.1. The lowest BCUT2D eigenvalue weighted by molar-refractivity contribution is -0.148. The number of hydrogen-bond donors (Lipinski definition) is 4. The lowest BCUT2D eigenvalue weighted by Crippen LogP contribution is -2.36. The maximum absolute atomic E-state index is 12.6. The molecule has 4 N–H and O–H groups in total. The number of ether oxygens (including phenoxy) is 1. The molecular weight excluding hydrogens is 468 g/mol. The highest BCUT2D eigenvalue weighted by Crippen LogP contribution is 2.24. The van der Waals surface area contributed by atoms with E-state index in [2.05, 4.69) is 6.58 Å². The van der Waals surface area contributed by atoms with Gasteiger partial charge in [-0.1, -0.05) is 102 Å². The van der Waals surface area contributed by atoms with Crippen molar-refractivity contribution in [2.24, 2.45) is 29.6 Å². The van der Waals surface area contributed by atoms with Gasteiger partial charge in [-0.15, -0.1) is 0 Å². The van der Waals surface area contributed by atoms with Crippen molar-refractivity contribution >= 4 is 5.97 Å². The monoisotopic (exact) mass is 516 g/mol. The van der Waals surface area contributed by atoms with Gasteiger partial charge in [0.1, 0.15) is 6.10 Å². The molecule has 0 aromatic rings. The number of aliphatic hydroxyl groups excluding tert-OH is 4. The first-order valence-electron chi connectivity index (χ1n) is 13.4. The summed E-state index contributed by atoms with van der Waals surface area (Å²) in [5, 5.41) is 42.3. The largest absolute Gasteiger partial charge is 0.459 e. The third kappa shape index (κ3) is 12.2. The van der Waals surface area contributed by atoms with Crippen LogP contribution in [0.5, 0.6) is 0 Å². The number of cyclic esters (lactones) is 1. The molecule has 37 heavy (non-hydrogen) atoms. The van der Waals surface area contributed by atoms with E-state index in [0.29, 0.717) is 12.8 Å². The minimum absolute atomic E-state index is 0.130. The molecule has 0 amide bonds. The zero-order valence-electron chi connectivity index (χ0n) is 23.1. The van der Waals surface area contributed by atoms with E-state index in [-0.39, 0.29) is 36.0 Å². The second-order valence-electron chi connectivity index (χ2n) is 10.4. The van der Waals surface area contributed by atoms with E-state index in [0.717, 1.165) is 0 Å². The van der Waals surface area contributed by atoms with E-state index in [4.69, 9.17) is 4.74 Å². The molecule has 1 heterocycles. The number of esters is 1. The number of carbonyl (C=O) groups is 1. The van der Waals surface area contributed by atoms with Crippen LogP contribution in [0, 0.1) is 29.6 Å². The minimum atomic E-state index is -0.827. The number of carbonyl (C=O) groups excluding carboxylic acids is 1. The van der Waals surface area contributed by atoms with E-state index < -0.39 is 36.5 Å². The van der Waals surface area contributed by atoms with Gasteiger partial charge in [-0.3, -0.25) is 0 Å². The fourth-order valence-electron chi connectivity index (χ4n) is 4.31. The van der Waals surface area contributed by atoms with Crippen molar-refractivity contribution in [3.63, 3.8) is 0 Å². The van der Waals surface area contributed by atoms with Crippen LogP contribution < -0.4 is 0 Å². The maximum Gasteiger partial charge on any atom is 0.331 e. The predicted octanol–water partition coefficient (Wildman–Crippen LogP) is 4.67. The second-order valence-corrected chi connectivity index (χ2v) is 10.4. The van der Waals surface area contributed by atoms with E-state index in [1.165, 1.54) is 6.08 Å². The molecule has 0 aliphatic carbocycles. The molecule has 1 aliphatic rings. The molecule has 1 rings (SSSR count). The molecule has 0 unspecified atom stereocenters. The molecule has 0 saturated carbocycles. The third-order valence-corrected chi connectivity index (χ3v) is 7.10. The van der Waals surface area contributed by atoms with Crippen LogP contribution in [0.4, 0.5) is 0 Å². The van der Waals surface area contributed by atoms with Gasteiger partial charge in [-0.05, 0) is 12.8 Å². The number of rotatable bonds is 5. The van der Waals surface area contributed by atoms with E-state index in [1.807, 2.05) is 52.8 Å². The van der Waals surface area contributed by atoms with Gasteiger partial charge in [-0.2, -0.15) is 0 Å². The fourth-order valence-corrected chi connectivity index (χ4v) is 4.31. The minimum Gasteiger partial charge on any atom is -0.459 e. The van der Waals surface area contributed by atoms with Crippen molar-refractivity contribution in [3.8, 4) is 0 Å². The average molecular weight is 517 g/mol. The Morgan fingerprint density at radius 2 is 1.68 bits per heavy atom. The Balaban J connectivity index is 3.14. The van der Waals surface area contributed by atoms with Crippen molar-refractivity contribution in [2.75, 3.05) is 0 Å². The topological polar surface area (TPSA) is 107 Å². The summed E-state index contributed by atoms with van der Waals surface area (Å²) in [4.78, 5) is 12.6. The molecule has 0 radical (unpaired) electrons. The Hall–Kier alpha value is -2.25. The molecular formula is C31H48O6. The highest BCUT2D eigenvalue weighted by atomic mass is 16.5. The average Bonchev–Trinajstić information content (AvgIpc) is 2.87. The molecule has 10 atom stereocenters. The first-order valence-corrected chi connectivity index (χ1v) is 13.4. The normalized spacial score (nSPS) is 37.0. The number of hydrogen-bond acceptors (Lipinski definition) is 6. The van der Waals surface area contributed by atoms with Crippen molar-refractivity contribution in [1.82, 2.24) is 0 Å². The van der Waals surface area contributed by atoms with Crippen molar-refractivity contribution in [1.29, 1.82) is 0 Å². The Labute approximate surface area is 223 Å². The van der Waals surface area contributed by atoms with Crippen LogP contribution in [0.3, 0.4) is 0 Å². The highest BCUT2D eigenvalue weighted by molar-refractivity contribution is 5.82. The Kier molecular flexibility index (Phi) is 15.3. The molecule has 6 heteroatoms. The van der Waals surface area contributed by atoms with Crippen molar-refractivity contribution < 1.29 is 30.0 Å². The zero-order chi connectivity index (χ0) is 28.0. The summed E-state index contributed by atoms with van der Waals surface area (Å²) in [5.74, 6) is -1.51. The molecule has 0 saturated heterocycles. The first-order chi connectivity index (χ1) is 17.5. The van der Waals surface area contributed by atoms with Gasteiger partial charge in [-0.25, -0.2) is 4.79 Å². The van der Waals surface area contributed by atoms with Gasteiger partial charge >= 0.3 is 5.97 Å². The lowest BCUT2D eigenvalue weighted by atomic mass is 9.87. The van der Waals surface area contributed by atoms with Crippen LogP contribution in [0.1, 0.15) is 53.9 Å². The van der Waals surface area contributed by atoms with Crippen LogP contribution in [-0.4, -0.2) is 56.9 Å². The van der Waals surface area contributed by atoms with E-state index in [1.54, 1.807) is 42.5 Å². The summed E-state index contributed by atoms with van der Waals surface area (Å²) in [7, 11) is 0. The van der Waals surface area contributed by atoms with Gasteiger partial charge in [0, 0.05) is 42.1 Å². The van der Waals surface area contributed by atoms with Crippen LogP contribution in [0.2, 0.25) is 0 Å². The fraction of sp³-hybridized carbons (Fsp3) is 0.581. The lowest BCUT2D eigenvalue weighted by Gasteiger charge is -2.30. The van der Waals surface area contributed by atoms with Gasteiger partial charge in [0.05, 0.1) is 24.4 Å². The summed E-state index contributed by atoms with van der Waals surface area (Å²) in [6.45, 7) is 13.1. The molecule has 6 nitrogen and oxygen atoms in total. The standard InChI is InChI=1S/C31H48O6/c1-7-8-13-23(4)31(36)25(6)28-16-11-9-15-22(3)30(35)24(5)18-19-26(32)20-27(33)21(2)14-10-12-17-29(34)37-28/h7-10,12-15,17-19,21-28,30-33,35-36H,1,11,16,20H2,2-6H3/b13-8-,14-10-,15-9-,17-12+,19-18-/t21-,22+,23+,24+,25-,26+,27+,28+,30-,31+/m1/s1. The second kappa shape index (κ2) is 17.3. The molecule has 208 valence electrons. The number of allylic oxidation sites excluding steroid dienone is 5. The third-order valence-electron chi connectivity index (χ3n) is 7.10. The van der Waals surface area contributed by atoms with Crippen LogP contribution in [0.25, 0.3) is 0 Å². The van der Waals surface area contributed by atoms with E-state index >= 15 is 0 Å². The van der Waals surface area contributed by atoms with Crippen molar-refractivity contribution in [2.45, 2.75) is 84.4 Å². The quantitative estimate of drug-likeness (QED) is 0.240. The SMILES string of the molecule is C=C/C=C\[C@H](C)[C@H](O)[C@H](C)[C@@H]1CC/C=C\[C@H](C)[C@@H](O)[C@@H](C)/C=C\[C@H](O)C[C@H](O)[C@H](C)/C=C\C=C\C(=O)O1. The molecule has 0 fully saturated rings. The van der Waals surface area contributed by atoms with Gasteiger partial charge in [0.25, 0.3) is 0 Å². The first kappa shape index (κ1) is 32.8. The molecule has 0 bridgehead atoms. The molecule has 0 aromatic carbocycles. The Bertz CT molecular complexity index is 826. The summed E-state index contributed by atoms with van der Waals surface area (Å²) >= 11 is 0. The molecule has 0 spiro atoms. The summed E-state index contributed by atoms with van der Waals surface area (Å²) < 4.78 is 5.76. The number of aliphatic hydroxyl groups is 4. The Morgan fingerprint density at radius 3 is 2.35 bits per heavy atom.